The van der Waals surface area contributed by atoms with Crippen LogP contribution in [0.2, 0.25) is 0 Å². The first-order valence-electron chi connectivity index (χ1n) is 11.2. The third-order valence-electron chi connectivity index (χ3n) is 6.70. The van der Waals surface area contributed by atoms with Gasteiger partial charge in [-0.1, -0.05) is 12.5 Å². The number of hydrogen-bond acceptors (Lipinski definition) is 8. The first kappa shape index (κ1) is 21.5. The number of pyridine rings is 1. The van der Waals surface area contributed by atoms with Gasteiger partial charge in [0.25, 0.3) is 0 Å². The second-order valence-corrected chi connectivity index (χ2v) is 8.82. The molecule has 2 aliphatic heterocycles. The number of methoxy groups -OCH3 is 1. The number of nitrogens with one attached hydrogen (secondary N) is 1. The summed E-state index contributed by atoms with van der Waals surface area (Å²) >= 11 is 0. The Morgan fingerprint density at radius 3 is 2.55 bits per heavy atom. The Hall–Kier alpha value is -3.33. The van der Waals surface area contributed by atoms with Crippen molar-refractivity contribution in [3.63, 3.8) is 0 Å². The summed E-state index contributed by atoms with van der Waals surface area (Å²) in [6.45, 7) is 0. The molecule has 2 bridgehead atoms. The van der Waals surface area contributed by atoms with E-state index in [0.29, 0.717) is 40.6 Å². The molecule has 0 radical (unpaired) electrons. The second-order valence-electron chi connectivity index (χ2n) is 8.82. The fourth-order valence-corrected chi connectivity index (χ4v) is 4.94. The largest absolute Gasteiger partial charge is 0.507 e. The van der Waals surface area contributed by atoms with Gasteiger partial charge in [0, 0.05) is 37.3 Å². The molecule has 2 fully saturated rings. The van der Waals surface area contributed by atoms with Gasteiger partial charge in [-0.2, -0.15) is 9.37 Å². The zero-order valence-electron chi connectivity index (χ0n) is 18.7. The van der Waals surface area contributed by atoms with Crippen molar-refractivity contribution in [1.82, 2.24) is 25.5 Å². The molecule has 172 valence electrons. The topological polar surface area (TPSA) is 96.3 Å². The molecule has 0 aliphatic carbocycles. The molecule has 2 aliphatic rings. The summed E-state index contributed by atoms with van der Waals surface area (Å²) in [5.74, 6) is 0.546. The predicted octanol–water partition coefficient (Wildman–Crippen LogP) is 3.56. The smallest absolute Gasteiger partial charge is 0.216 e. The number of piperidine rings is 2. The van der Waals surface area contributed by atoms with E-state index in [-0.39, 0.29) is 11.6 Å². The zero-order valence-corrected chi connectivity index (χ0v) is 18.7. The molecule has 5 rings (SSSR count). The summed E-state index contributed by atoms with van der Waals surface area (Å²) < 4.78 is 18.8. The maximum atomic E-state index is 13.8. The van der Waals surface area contributed by atoms with Gasteiger partial charge in [-0.25, -0.2) is 4.98 Å². The number of phenolic OH excluding ortho intramolecular Hbond substituents is 1. The van der Waals surface area contributed by atoms with Gasteiger partial charge < -0.3 is 20.1 Å². The molecule has 0 amide bonds. The summed E-state index contributed by atoms with van der Waals surface area (Å²) in [4.78, 5) is 10.3. The molecule has 9 heteroatoms. The fourth-order valence-electron chi connectivity index (χ4n) is 4.94. The van der Waals surface area contributed by atoms with Crippen molar-refractivity contribution in [1.29, 1.82) is 0 Å². The van der Waals surface area contributed by atoms with Gasteiger partial charge in [-0.15, -0.1) is 10.2 Å². The summed E-state index contributed by atoms with van der Waals surface area (Å²) in [5.41, 5.74) is 1.62. The van der Waals surface area contributed by atoms with Crippen molar-refractivity contribution < 1.29 is 14.2 Å². The van der Waals surface area contributed by atoms with E-state index in [2.05, 4.69) is 30.4 Å². The van der Waals surface area contributed by atoms with Gasteiger partial charge in [0.1, 0.15) is 5.75 Å². The molecule has 2 atom stereocenters. The monoisotopic (exact) mass is 450 g/mol. The van der Waals surface area contributed by atoms with Crippen molar-refractivity contribution in [3.05, 3.63) is 42.5 Å². The highest BCUT2D eigenvalue weighted by Crippen LogP contribution is 2.33. The number of fused-ring (bicyclic) bond motifs is 2. The number of hydrogen-bond donors (Lipinski definition) is 2. The van der Waals surface area contributed by atoms with Crippen molar-refractivity contribution in [2.24, 2.45) is 0 Å². The number of nitrogens with zero attached hydrogens (tertiary/aromatic N) is 5. The average Bonchev–Trinajstić information content (AvgIpc) is 2.83. The van der Waals surface area contributed by atoms with Crippen molar-refractivity contribution in [2.75, 3.05) is 19.1 Å². The van der Waals surface area contributed by atoms with Crippen LogP contribution in [0.15, 0.2) is 36.5 Å². The number of rotatable bonds is 5. The number of benzene rings is 1. The van der Waals surface area contributed by atoms with Gasteiger partial charge >= 0.3 is 0 Å². The van der Waals surface area contributed by atoms with Crippen molar-refractivity contribution in [3.8, 4) is 34.1 Å². The summed E-state index contributed by atoms with van der Waals surface area (Å²) in [5, 5.41) is 23.0. The Morgan fingerprint density at radius 1 is 1.09 bits per heavy atom. The average molecular weight is 451 g/mol. The normalized spacial score (nSPS) is 22.1. The molecule has 0 saturated carbocycles. The van der Waals surface area contributed by atoms with E-state index in [9.17, 15) is 9.50 Å². The lowest BCUT2D eigenvalue weighted by molar-refractivity contribution is 0.219. The number of ether oxygens (including phenoxy) is 1. The van der Waals surface area contributed by atoms with E-state index >= 15 is 0 Å². The molecular formula is C24H27FN6O2. The summed E-state index contributed by atoms with van der Waals surface area (Å²) in [6, 6.07) is 9.47. The van der Waals surface area contributed by atoms with Crippen LogP contribution in [0.5, 0.6) is 11.6 Å². The molecule has 33 heavy (non-hydrogen) atoms. The van der Waals surface area contributed by atoms with Gasteiger partial charge in [0.2, 0.25) is 11.8 Å². The van der Waals surface area contributed by atoms with Crippen LogP contribution in [-0.2, 0) is 0 Å². The van der Waals surface area contributed by atoms with Crippen LogP contribution < -0.4 is 15.0 Å². The minimum Gasteiger partial charge on any atom is -0.507 e. The molecule has 4 heterocycles. The highest BCUT2D eigenvalue weighted by Gasteiger charge is 2.33. The van der Waals surface area contributed by atoms with Crippen LogP contribution in [0.25, 0.3) is 22.5 Å². The first-order valence-corrected chi connectivity index (χ1v) is 11.2. The maximum Gasteiger partial charge on any atom is 0.216 e. The predicted molar refractivity (Wildman–Crippen MR) is 123 cm³/mol. The van der Waals surface area contributed by atoms with Crippen LogP contribution in [0, 0.1) is 5.95 Å². The van der Waals surface area contributed by atoms with Crippen LogP contribution >= 0.6 is 0 Å². The van der Waals surface area contributed by atoms with E-state index in [1.807, 2.05) is 7.05 Å². The second kappa shape index (κ2) is 8.90. The molecule has 1 aromatic carbocycles. The highest BCUT2D eigenvalue weighted by molar-refractivity contribution is 5.73. The number of aromatic hydroxyl groups is 1. The van der Waals surface area contributed by atoms with Gasteiger partial charge in [-0.05, 0) is 48.9 Å². The van der Waals surface area contributed by atoms with E-state index in [1.54, 1.807) is 30.5 Å². The third kappa shape index (κ3) is 4.45. The molecule has 0 spiro atoms. The number of phenols is 1. The Bertz CT molecular complexity index is 1130. The summed E-state index contributed by atoms with van der Waals surface area (Å²) in [6.07, 6.45) is 7.67. The van der Waals surface area contributed by atoms with E-state index in [4.69, 9.17) is 4.74 Å². The molecule has 2 saturated heterocycles. The number of aromatic nitrogens is 4. The Kier molecular flexibility index (Phi) is 5.80. The van der Waals surface area contributed by atoms with Crippen LogP contribution in [0.1, 0.15) is 32.1 Å². The first-order chi connectivity index (χ1) is 16.0. The maximum absolute atomic E-state index is 13.8. The van der Waals surface area contributed by atoms with Crippen molar-refractivity contribution in [2.45, 2.75) is 50.2 Å². The van der Waals surface area contributed by atoms with Crippen LogP contribution in [-0.4, -0.2) is 57.6 Å². The molecule has 2 N–H and O–H groups in total. The lowest BCUT2D eigenvalue weighted by atomic mass is 9.83. The lowest BCUT2D eigenvalue weighted by Crippen LogP contribution is -2.54. The minimum atomic E-state index is -0.655. The van der Waals surface area contributed by atoms with E-state index in [1.165, 1.54) is 32.4 Å². The van der Waals surface area contributed by atoms with E-state index in [0.717, 1.165) is 18.7 Å². The lowest BCUT2D eigenvalue weighted by Gasteiger charge is -2.43. The molecule has 0 unspecified atom stereocenters. The van der Waals surface area contributed by atoms with Gasteiger partial charge in [-0.3, -0.25) is 0 Å². The molecular weight excluding hydrogens is 423 g/mol. The van der Waals surface area contributed by atoms with Crippen molar-refractivity contribution >= 4 is 5.82 Å². The highest BCUT2D eigenvalue weighted by atomic mass is 19.1. The van der Waals surface area contributed by atoms with E-state index < -0.39 is 5.95 Å². The van der Waals surface area contributed by atoms with Gasteiger partial charge in [0.15, 0.2) is 11.6 Å². The van der Waals surface area contributed by atoms with Gasteiger partial charge in [0.05, 0.1) is 18.9 Å². The fraction of sp³-hybridized carbons (Fsp3) is 0.417. The van der Waals surface area contributed by atoms with Crippen LogP contribution in [0.3, 0.4) is 0 Å². The Balaban J connectivity index is 1.34. The third-order valence-corrected chi connectivity index (χ3v) is 6.70. The van der Waals surface area contributed by atoms with Crippen LogP contribution in [0.4, 0.5) is 10.2 Å². The molecule has 2 aromatic heterocycles. The molecule has 3 aromatic rings. The zero-order chi connectivity index (χ0) is 22.9. The standard InChI is InChI=1S/C24H27FN6O2/c1-31(18-11-16-4-3-5-17(12-18)27-16)22-13-26-24(30-29-22)19-7-6-14(8-20(19)32)15-9-21(25)28-23(10-15)33-2/h6-10,13,16-18,27,32H,3-5,11-12H2,1-2H3/t16-,17-/m1/s1. The molecule has 8 nitrogen and oxygen atoms in total. The minimum absolute atomic E-state index is 0.0160. The Labute approximate surface area is 191 Å². The number of halogens is 1. The Morgan fingerprint density at radius 2 is 1.88 bits per heavy atom. The quantitative estimate of drug-likeness (QED) is 0.570. The SMILES string of the molecule is COc1cc(-c2ccc(-c3ncc(N(C)C4C[C@H]5CCC[C@H](C4)N5)nn3)c(O)c2)cc(F)n1. The summed E-state index contributed by atoms with van der Waals surface area (Å²) in [7, 11) is 3.47. The number of anilines is 1.